The maximum absolute atomic E-state index is 14.4. The second-order valence-corrected chi connectivity index (χ2v) is 6.22. The standard InChI is InChI=1S/C21H16F2N4O/c22-16-2-1-3-19-20(16)15(21(28)27-19)12-25-14-4-5-18(17(23)10-14)26-11-13-6-8-24-9-7-13/h1-10,12,25-26H,11H2,(H,27,28)/b15-12+. The van der Waals surface area contributed by atoms with Crippen molar-refractivity contribution in [2.45, 2.75) is 6.54 Å². The van der Waals surface area contributed by atoms with Gasteiger partial charge in [0.05, 0.1) is 16.9 Å². The minimum atomic E-state index is -0.495. The van der Waals surface area contributed by atoms with Crippen LogP contribution < -0.4 is 16.0 Å². The van der Waals surface area contributed by atoms with Gasteiger partial charge in [0, 0.05) is 36.4 Å². The number of carbonyl (C=O) groups excluding carboxylic acids is 1. The molecule has 28 heavy (non-hydrogen) atoms. The first-order chi connectivity index (χ1) is 13.6. The molecule has 140 valence electrons. The van der Waals surface area contributed by atoms with E-state index >= 15 is 0 Å². The average molecular weight is 378 g/mol. The fourth-order valence-corrected chi connectivity index (χ4v) is 2.94. The van der Waals surface area contributed by atoms with Gasteiger partial charge in [-0.1, -0.05) is 6.07 Å². The molecular weight excluding hydrogens is 362 g/mol. The lowest BCUT2D eigenvalue weighted by molar-refractivity contribution is -0.110. The molecule has 7 heteroatoms. The maximum Gasteiger partial charge on any atom is 0.257 e. The summed E-state index contributed by atoms with van der Waals surface area (Å²) >= 11 is 0. The maximum atomic E-state index is 14.4. The number of nitrogens with zero attached hydrogens (tertiary/aromatic N) is 1. The fraction of sp³-hybridized carbons (Fsp3) is 0.0476. The number of aromatic nitrogens is 1. The molecule has 5 nitrogen and oxygen atoms in total. The zero-order chi connectivity index (χ0) is 19.5. The van der Waals surface area contributed by atoms with E-state index in [0.29, 0.717) is 23.6 Å². The van der Waals surface area contributed by atoms with Crippen LogP contribution >= 0.6 is 0 Å². The predicted molar refractivity (Wildman–Crippen MR) is 105 cm³/mol. The summed E-state index contributed by atoms with van der Waals surface area (Å²) in [6.07, 6.45) is 4.73. The van der Waals surface area contributed by atoms with Crippen molar-refractivity contribution in [3.05, 3.63) is 89.9 Å². The van der Waals surface area contributed by atoms with Crippen LogP contribution in [-0.4, -0.2) is 10.9 Å². The quantitative estimate of drug-likeness (QED) is 0.577. The molecule has 0 atom stereocenters. The van der Waals surface area contributed by atoms with Gasteiger partial charge in [-0.3, -0.25) is 9.78 Å². The third-order valence-corrected chi connectivity index (χ3v) is 4.36. The lowest BCUT2D eigenvalue weighted by Gasteiger charge is -2.09. The molecule has 2 aromatic carbocycles. The predicted octanol–water partition coefficient (Wildman–Crippen LogP) is 4.38. The molecule has 1 amide bonds. The number of amides is 1. The van der Waals surface area contributed by atoms with Gasteiger partial charge in [0.15, 0.2) is 0 Å². The number of hydrogen-bond acceptors (Lipinski definition) is 4. The number of halogens is 2. The lowest BCUT2D eigenvalue weighted by atomic mass is 10.1. The molecule has 1 aliphatic heterocycles. The molecule has 2 heterocycles. The molecule has 0 aliphatic carbocycles. The van der Waals surface area contributed by atoms with Crippen molar-refractivity contribution in [2.24, 2.45) is 0 Å². The molecule has 0 radical (unpaired) electrons. The zero-order valence-electron chi connectivity index (χ0n) is 14.7. The Kier molecular flexibility index (Phi) is 4.72. The van der Waals surface area contributed by atoms with Gasteiger partial charge in [-0.15, -0.1) is 0 Å². The number of nitrogens with one attached hydrogen (secondary N) is 3. The summed E-state index contributed by atoms with van der Waals surface area (Å²) in [7, 11) is 0. The van der Waals surface area contributed by atoms with Crippen LogP contribution in [0, 0.1) is 11.6 Å². The Morgan fingerprint density at radius 2 is 1.86 bits per heavy atom. The molecule has 1 aliphatic rings. The molecule has 0 bridgehead atoms. The number of hydrogen-bond donors (Lipinski definition) is 3. The van der Waals surface area contributed by atoms with Crippen molar-refractivity contribution >= 4 is 28.5 Å². The largest absolute Gasteiger partial charge is 0.379 e. The molecule has 0 unspecified atom stereocenters. The van der Waals surface area contributed by atoms with Gasteiger partial charge >= 0.3 is 0 Å². The highest BCUT2D eigenvalue weighted by Gasteiger charge is 2.27. The minimum absolute atomic E-state index is 0.161. The van der Waals surface area contributed by atoms with Gasteiger partial charge in [0.2, 0.25) is 0 Å². The average Bonchev–Trinajstić information content (AvgIpc) is 3.03. The third-order valence-electron chi connectivity index (χ3n) is 4.36. The van der Waals surface area contributed by atoms with Crippen molar-refractivity contribution < 1.29 is 13.6 Å². The van der Waals surface area contributed by atoms with Crippen LogP contribution in [-0.2, 0) is 11.3 Å². The highest BCUT2D eigenvalue weighted by atomic mass is 19.1. The molecule has 0 saturated heterocycles. The van der Waals surface area contributed by atoms with Crippen LogP contribution in [0.1, 0.15) is 11.1 Å². The van der Waals surface area contributed by atoms with E-state index in [1.54, 1.807) is 30.6 Å². The summed E-state index contributed by atoms with van der Waals surface area (Å²) < 4.78 is 28.4. The molecule has 3 aromatic rings. The Morgan fingerprint density at radius 1 is 1.04 bits per heavy atom. The Hall–Kier alpha value is -3.74. The Bertz CT molecular complexity index is 1070. The monoisotopic (exact) mass is 378 g/mol. The number of rotatable bonds is 5. The van der Waals surface area contributed by atoms with E-state index in [1.807, 2.05) is 12.1 Å². The van der Waals surface area contributed by atoms with Crippen LogP contribution in [0.5, 0.6) is 0 Å². The van der Waals surface area contributed by atoms with Crippen LogP contribution in [0.25, 0.3) is 5.57 Å². The van der Waals surface area contributed by atoms with Gasteiger partial charge in [-0.05, 0) is 48.0 Å². The smallest absolute Gasteiger partial charge is 0.257 e. The summed E-state index contributed by atoms with van der Waals surface area (Å²) in [6.45, 7) is 0.465. The highest BCUT2D eigenvalue weighted by molar-refractivity contribution is 6.31. The number of carbonyl (C=O) groups is 1. The number of anilines is 3. The van der Waals surface area contributed by atoms with Gasteiger partial charge in [-0.2, -0.15) is 0 Å². The van der Waals surface area contributed by atoms with Crippen molar-refractivity contribution in [2.75, 3.05) is 16.0 Å². The molecule has 0 spiro atoms. The normalized spacial score (nSPS) is 13.9. The first-order valence-electron chi connectivity index (χ1n) is 8.61. The molecule has 1 aromatic heterocycles. The van der Waals surface area contributed by atoms with E-state index in [1.165, 1.54) is 24.4 Å². The molecule has 0 saturated carbocycles. The van der Waals surface area contributed by atoms with E-state index in [2.05, 4.69) is 20.9 Å². The lowest BCUT2D eigenvalue weighted by Crippen LogP contribution is -2.05. The van der Waals surface area contributed by atoms with Crippen LogP contribution in [0.15, 0.2) is 67.1 Å². The Balaban J connectivity index is 1.49. The van der Waals surface area contributed by atoms with Crippen molar-refractivity contribution in [3.8, 4) is 0 Å². The van der Waals surface area contributed by atoms with Gasteiger partial charge in [-0.25, -0.2) is 8.78 Å². The molecule has 4 rings (SSSR count). The topological polar surface area (TPSA) is 66.1 Å². The van der Waals surface area contributed by atoms with E-state index in [9.17, 15) is 13.6 Å². The summed E-state index contributed by atoms with van der Waals surface area (Å²) in [5.74, 6) is -1.35. The summed E-state index contributed by atoms with van der Waals surface area (Å²) in [5.41, 5.74) is 2.56. The SMILES string of the molecule is O=C1Nc2cccc(F)c2/C1=C\Nc1ccc(NCc2ccncc2)c(F)c1. The molecular formula is C21H16F2N4O. The highest BCUT2D eigenvalue weighted by Crippen LogP contribution is 2.33. The molecule has 0 fully saturated rings. The first-order valence-corrected chi connectivity index (χ1v) is 8.61. The number of benzene rings is 2. The van der Waals surface area contributed by atoms with Crippen LogP contribution in [0.3, 0.4) is 0 Å². The van der Waals surface area contributed by atoms with Crippen LogP contribution in [0.2, 0.25) is 0 Å². The third kappa shape index (κ3) is 3.55. The van der Waals surface area contributed by atoms with Gasteiger partial charge < -0.3 is 16.0 Å². The second-order valence-electron chi connectivity index (χ2n) is 6.22. The number of pyridine rings is 1. The summed E-state index contributed by atoms with van der Waals surface area (Å²) in [6, 6.07) is 12.7. The Morgan fingerprint density at radius 3 is 2.64 bits per heavy atom. The van der Waals surface area contributed by atoms with E-state index < -0.39 is 17.5 Å². The van der Waals surface area contributed by atoms with Crippen molar-refractivity contribution in [3.63, 3.8) is 0 Å². The van der Waals surface area contributed by atoms with E-state index in [0.717, 1.165) is 5.56 Å². The van der Waals surface area contributed by atoms with Crippen molar-refractivity contribution in [1.82, 2.24) is 4.98 Å². The zero-order valence-corrected chi connectivity index (χ0v) is 14.7. The number of fused-ring (bicyclic) bond motifs is 1. The second kappa shape index (κ2) is 7.48. The fourth-order valence-electron chi connectivity index (χ4n) is 2.94. The van der Waals surface area contributed by atoms with E-state index in [4.69, 9.17) is 0 Å². The summed E-state index contributed by atoms with van der Waals surface area (Å²) in [5, 5.41) is 8.48. The summed E-state index contributed by atoms with van der Waals surface area (Å²) in [4.78, 5) is 16.0. The van der Waals surface area contributed by atoms with Crippen LogP contribution in [0.4, 0.5) is 25.8 Å². The molecule has 3 N–H and O–H groups in total. The van der Waals surface area contributed by atoms with Gasteiger partial charge in [0.25, 0.3) is 5.91 Å². The first kappa shape index (κ1) is 17.7. The minimum Gasteiger partial charge on any atom is -0.379 e. The Labute approximate surface area is 160 Å². The van der Waals surface area contributed by atoms with Crippen molar-refractivity contribution in [1.29, 1.82) is 0 Å². The van der Waals surface area contributed by atoms with Gasteiger partial charge in [0.1, 0.15) is 11.6 Å². The van der Waals surface area contributed by atoms with E-state index in [-0.39, 0.29) is 11.1 Å².